The van der Waals surface area contributed by atoms with Gasteiger partial charge in [0.1, 0.15) is 12.7 Å². The predicted octanol–water partition coefficient (Wildman–Crippen LogP) is -0.244. The maximum absolute atomic E-state index is 12.9. The molecule has 0 spiro atoms. The molecular formula is C16H20N6O2. The molecule has 0 saturated carbocycles. The minimum absolute atomic E-state index is 0.105. The molecule has 1 saturated heterocycles. The average Bonchev–Trinajstić information content (AvgIpc) is 3.04. The van der Waals surface area contributed by atoms with Crippen molar-refractivity contribution in [1.29, 1.82) is 0 Å². The number of amides is 2. The van der Waals surface area contributed by atoms with E-state index in [1.54, 1.807) is 34.3 Å². The van der Waals surface area contributed by atoms with Crippen molar-refractivity contribution >= 4 is 11.8 Å². The summed E-state index contributed by atoms with van der Waals surface area (Å²) in [5.41, 5.74) is 6.84. The number of nitrogens with two attached hydrogens (primary N) is 1. The highest BCUT2D eigenvalue weighted by Gasteiger charge is 2.28. The quantitative estimate of drug-likeness (QED) is 0.838. The first kappa shape index (κ1) is 16.1. The molecule has 0 aliphatic carbocycles. The molecule has 0 bridgehead atoms. The zero-order valence-electron chi connectivity index (χ0n) is 13.5. The third-order valence-electron chi connectivity index (χ3n) is 4.22. The van der Waals surface area contributed by atoms with Gasteiger partial charge in [-0.1, -0.05) is 6.07 Å². The van der Waals surface area contributed by atoms with Crippen LogP contribution in [-0.2, 0) is 4.79 Å². The summed E-state index contributed by atoms with van der Waals surface area (Å²) in [7, 11) is 1.93. The van der Waals surface area contributed by atoms with Crippen LogP contribution in [0.15, 0.2) is 36.9 Å². The van der Waals surface area contributed by atoms with E-state index in [-0.39, 0.29) is 17.7 Å². The summed E-state index contributed by atoms with van der Waals surface area (Å²) in [5, 5.41) is 7.55. The van der Waals surface area contributed by atoms with Crippen molar-refractivity contribution in [2.45, 2.75) is 0 Å². The lowest BCUT2D eigenvalue weighted by molar-refractivity contribution is -0.122. The van der Waals surface area contributed by atoms with Crippen molar-refractivity contribution < 1.29 is 9.59 Å². The third kappa shape index (κ3) is 3.43. The Morgan fingerprint density at radius 1 is 1.17 bits per heavy atom. The first-order valence-electron chi connectivity index (χ1n) is 7.77. The van der Waals surface area contributed by atoms with Crippen LogP contribution >= 0.6 is 0 Å². The fourth-order valence-corrected chi connectivity index (χ4v) is 2.85. The fraction of sp³-hybridized carbons (Fsp3) is 0.375. The Morgan fingerprint density at radius 3 is 2.62 bits per heavy atom. The second-order valence-corrected chi connectivity index (χ2v) is 6.03. The van der Waals surface area contributed by atoms with E-state index in [2.05, 4.69) is 10.2 Å². The van der Waals surface area contributed by atoms with Gasteiger partial charge in [0.15, 0.2) is 0 Å². The van der Waals surface area contributed by atoms with Crippen LogP contribution in [0.2, 0.25) is 0 Å². The molecule has 8 nitrogen and oxygen atoms in total. The highest BCUT2D eigenvalue weighted by atomic mass is 16.2. The van der Waals surface area contributed by atoms with Gasteiger partial charge in [-0.15, -0.1) is 10.2 Å². The molecule has 1 fully saturated rings. The van der Waals surface area contributed by atoms with Gasteiger partial charge in [-0.3, -0.25) is 14.2 Å². The molecule has 1 atom stereocenters. The van der Waals surface area contributed by atoms with E-state index in [1.165, 1.54) is 0 Å². The van der Waals surface area contributed by atoms with Crippen molar-refractivity contribution in [2.24, 2.45) is 11.7 Å². The molecule has 8 heteroatoms. The molecular weight excluding hydrogens is 308 g/mol. The first-order valence-corrected chi connectivity index (χ1v) is 7.77. The second kappa shape index (κ2) is 6.79. The minimum Gasteiger partial charge on any atom is -0.369 e. The van der Waals surface area contributed by atoms with Crippen LogP contribution in [0.25, 0.3) is 5.69 Å². The van der Waals surface area contributed by atoms with Crippen molar-refractivity contribution in [3.05, 3.63) is 42.5 Å². The van der Waals surface area contributed by atoms with E-state index in [0.29, 0.717) is 31.7 Å². The lowest BCUT2D eigenvalue weighted by atomic mass is 10.1. The summed E-state index contributed by atoms with van der Waals surface area (Å²) in [4.78, 5) is 28.2. The van der Waals surface area contributed by atoms with Crippen LogP contribution in [0.4, 0.5) is 0 Å². The van der Waals surface area contributed by atoms with E-state index in [9.17, 15) is 9.59 Å². The topological polar surface area (TPSA) is 97.3 Å². The van der Waals surface area contributed by atoms with Gasteiger partial charge in [-0.05, 0) is 25.2 Å². The summed E-state index contributed by atoms with van der Waals surface area (Å²) < 4.78 is 1.74. The summed E-state index contributed by atoms with van der Waals surface area (Å²) in [6.07, 6.45) is 3.15. The van der Waals surface area contributed by atoms with Gasteiger partial charge >= 0.3 is 0 Å². The standard InChI is InChI=1S/C16H20N6O2/c1-20-5-6-21(9-13(8-20)15(17)23)16(24)12-3-2-4-14(7-12)22-10-18-19-11-22/h2-4,7,10-11,13H,5-6,8-9H2,1H3,(H2,17,23)/t13-/m0/s1. The highest BCUT2D eigenvalue weighted by Crippen LogP contribution is 2.15. The van der Waals surface area contributed by atoms with E-state index in [0.717, 1.165) is 5.69 Å². The molecule has 2 heterocycles. The number of hydrogen-bond acceptors (Lipinski definition) is 5. The number of likely N-dealkylation sites (N-methyl/N-ethyl adjacent to an activating group) is 1. The van der Waals surface area contributed by atoms with Crippen LogP contribution in [0.5, 0.6) is 0 Å². The largest absolute Gasteiger partial charge is 0.369 e. The number of benzene rings is 1. The van der Waals surface area contributed by atoms with E-state index >= 15 is 0 Å². The van der Waals surface area contributed by atoms with Crippen molar-refractivity contribution in [2.75, 3.05) is 33.2 Å². The summed E-state index contributed by atoms with van der Waals surface area (Å²) in [6.45, 7) is 2.19. The molecule has 1 aromatic carbocycles. The Morgan fingerprint density at radius 2 is 1.92 bits per heavy atom. The number of carbonyl (C=O) groups excluding carboxylic acids is 2. The lowest BCUT2D eigenvalue weighted by Gasteiger charge is -2.23. The number of aromatic nitrogens is 3. The van der Waals surface area contributed by atoms with E-state index < -0.39 is 0 Å². The van der Waals surface area contributed by atoms with Gasteiger partial charge in [0.25, 0.3) is 5.91 Å². The Kier molecular flexibility index (Phi) is 4.57. The molecule has 24 heavy (non-hydrogen) atoms. The molecule has 3 rings (SSSR count). The number of primary amides is 1. The SMILES string of the molecule is CN1CCN(C(=O)c2cccc(-n3cnnc3)c2)C[C@@H](C(N)=O)C1. The predicted molar refractivity (Wildman–Crippen MR) is 87.4 cm³/mol. The summed E-state index contributed by atoms with van der Waals surface area (Å²) in [6, 6.07) is 7.25. The average molecular weight is 328 g/mol. The van der Waals surface area contributed by atoms with Gasteiger partial charge in [0, 0.05) is 37.4 Å². The molecule has 1 aliphatic heterocycles. The lowest BCUT2D eigenvalue weighted by Crippen LogP contribution is -2.40. The minimum atomic E-state index is -0.375. The maximum atomic E-state index is 12.9. The number of hydrogen-bond donors (Lipinski definition) is 1. The van der Waals surface area contributed by atoms with Gasteiger partial charge in [-0.25, -0.2) is 0 Å². The summed E-state index contributed by atoms with van der Waals surface area (Å²) >= 11 is 0. The molecule has 2 aromatic rings. The smallest absolute Gasteiger partial charge is 0.253 e. The van der Waals surface area contributed by atoms with Gasteiger partial charge in [0.05, 0.1) is 5.92 Å². The van der Waals surface area contributed by atoms with Crippen molar-refractivity contribution in [3.63, 3.8) is 0 Å². The molecule has 0 unspecified atom stereocenters. The van der Waals surface area contributed by atoms with Crippen molar-refractivity contribution in [1.82, 2.24) is 24.6 Å². The zero-order chi connectivity index (χ0) is 17.1. The molecule has 126 valence electrons. The van der Waals surface area contributed by atoms with Crippen LogP contribution in [0.1, 0.15) is 10.4 Å². The molecule has 1 aromatic heterocycles. The fourth-order valence-electron chi connectivity index (χ4n) is 2.85. The van der Waals surface area contributed by atoms with Gasteiger partial charge in [-0.2, -0.15) is 0 Å². The van der Waals surface area contributed by atoms with Crippen molar-refractivity contribution in [3.8, 4) is 5.69 Å². The third-order valence-corrected chi connectivity index (χ3v) is 4.22. The molecule has 2 N–H and O–H groups in total. The first-order chi connectivity index (χ1) is 11.5. The number of rotatable bonds is 3. The normalized spacial score (nSPS) is 19.0. The van der Waals surface area contributed by atoms with E-state index in [1.807, 2.05) is 24.1 Å². The van der Waals surface area contributed by atoms with Crippen LogP contribution in [-0.4, -0.2) is 69.6 Å². The van der Waals surface area contributed by atoms with E-state index in [4.69, 9.17) is 5.73 Å². The maximum Gasteiger partial charge on any atom is 0.253 e. The Labute approximate surface area is 139 Å². The Hall–Kier alpha value is -2.74. The second-order valence-electron chi connectivity index (χ2n) is 6.03. The highest BCUT2D eigenvalue weighted by molar-refractivity contribution is 5.95. The molecule has 1 aliphatic rings. The summed E-state index contributed by atoms with van der Waals surface area (Å²) in [5.74, 6) is -0.839. The monoisotopic (exact) mass is 328 g/mol. The number of carbonyl (C=O) groups is 2. The van der Waals surface area contributed by atoms with Gasteiger partial charge < -0.3 is 15.5 Å². The molecule has 0 radical (unpaired) electrons. The Bertz CT molecular complexity index is 730. The van der Waals surface area contributed by atoms with Crippen LogP contribution in [0.3, 0.4) is 0 Å². The van der Waals surface area contributed by atoms with Crippen LogP contribution < -0.4 is 5.73 Å². The molecule has 2 amide bonds. The zero-order valence-corrected chi connectivity index (χ0v) is 13.5. The van der Waals surface area contributed by atoms with Gasteiger partial charge in [0.2, 0.25) is 5.91 Å². The van der Waals surface area contributed by atoms with Crippen LogP contribution in [0, 0.1) is 5.92 Å². The number of nitrogens with zero attached hydrogens (tertiary/aromatic N) is 5. The Balaban J connectivity index is 1.83.